The van der Waals surface area contributed by atoms with E-state index in [0.717, 1.165) is 6.07 Å². The molecule has 0 N–H and O–H groups in total. The molecule has 96 valence electrons. The molecule has 1 aromatic carbocycles. The average Bonchev–Trinajstić information content (AvgIpc) is 1.93. The molecule has 0 amide bonds. The molecule has 0 radical (unpaired) electrons. The molecule has 0 spiro atoms. The second kappa shape index (κ2) is 4.58. The molecular weight excluding hydrogens is 246 g/mol. The molecule has 1 aromatic rings. The Labute approximate surface area is 94.2 Å². The first-order valence-corrected chi connectivity index (χ1v) is 4.78. The highest BCUT2D eigenvalue weighted by Crippen LogP contribution is 2.26. The van der Waals surface area contributed by atoms with Crippen molar-refractivity contribution >= 4 is 0 Å². The van der Waals surface area contributed by atoms with E-state index < -0.39 is 25.2 Å². The fourth-order valence-corrected chi connectivity index (χ4v) is 1.62. The standard InChI is InChI=1S/C11H10F6/c1-7-2-8(5-10(12,13)14)4-9(3-7)6-11(15,16)17/h2-4H,5-6H2,1H3. The van der Waals surface area contributed by atoms with Gasteiger partial charge in [0.2, 0.25) is 0 Å². The first kappa shape index (κ1) is 13.9. The highest BCUT2D eigenvalue weighted by Gasteiger charge is 2.30. The molecular formula is C11H10F6. The van der Waals surface area contributed by atoms with Crippen LogP contribution in [0.15, 0.2) is 18.2 Å². The summed E-state index contributed by atoms with van der Waals surface area (Å²) in [6.07, 6.45) is -11.2. The van der Waals surface area contributed by atoms with E-state index in [4.69, 9.17) is 0 Å². The van der Waals surface area contributed by atoms with Crippen LogP contribution in [0.25, 0.3) is 0 Å². The molecule has 0 saturated carbocycles. The lowest BCUT2D eigenvalue weighted by Crippen LogP contribution is -2.14. The van der Waals surface area contributed by atoms with Crippen LogP contribution >= 0.6 is 0 Å². The van der Waals surface area contributed by atoms with Gasteiger partial charge in [0.25, 0.3) is 0 Å². The number of halogens is 6. The molecule has 0 aliphatic heterocycles. The highest BCUT2D eigenvalue weighted by atomic mass is 19.4. The second-order valence-electron chi connectivity index (χ2n) is 3.91. The lowest BCUT2D eigenvalue weighted by molar-refractivity contribution is -0.127. The van der Waals surface area contributed by atoms with E-state index in [0.29, 0.717) is 5.56 Å². The Kier molecular flexibility index (Phi) is 3.74. The fraction of sp³-hybridized carbons (Fsp3) is 0.455. The van der Waals surface area contributed by atoms with Crippen molar-refractivity contribution in [1.29, 1.82) is 0 Å². The van der Waals surface area contributed by atoms with Crippen molar-refractivity contribution < 1.29 is 26.3 Å². The van der Waals surface area contributed by atoms with E-state index in [2.05, 4.69) is 0 Å². The average molecular weight is 256 g/mol. The molecule has 0 saturated heterocycles. The summed E-state index contributed by atoms with van der Waals surface area (Å²) >= 11 is 0. The Morgan fingerprint density at radius 3 is 1.41 bits per heavy atom. The maximum absolute atomic E-state index is 12.1. The topological polar surface area (TPSA) is 0 Å². The molecule has 17 heavy (non-hydrogen) atoms. The molecule has 6 heteroatoms. The monoisotopic (exact) mass is 256 g/mol. The molecule has 0 unspecified atom stereocenters. The molecule has 0 nitrogen and oxygen atoms in total. The molecule has 0 aliphatic carbocycles. The summed E-state index contributed by atoms with van der Waals surface area (Å²) in [6, 6.07) is 3.44. The minimum absolute atomic E-state index is 0.142. The summed E-state index contributed by atoms with van der Waals surface area (Å²) in [5.74, 6) is 0. The largest absolute Gasteiger partial charge is 0.393 e. The van der Waals surface area contributed by atoms with Crippen LogP contribution in [0.3, 0.4) is 0 Å². The van der Waals surface area contributed by atoms with Crippen LogP contribution in [0, 0.1) is 6.92 Å². The summed E-state index contributed by atoms with van der Waals surface area (Å²) < 4.78 is 72.7. The summed E-state index contributed by atoms with van der Waals surface area (Å²) in [7, 11) is 0. The van der Waals surface area contributed by atoms with Crippen LogP contribution in [-0.2, 0) is 12.8 Å². The van der Waals surface area contributed by atoms with Crippen LogP contribution in [0.5, 0.6) is 0 Å². The van der Waals surface area contributed by atoms with Gasteiger partial charge in [-0.1, -0.05) is 23.8 Å². The van der Waals surface area contributed by atoms with Gasteiger partial charge in [-0.15, -0.1) is 0 Å². The Morgan fingerprint density at radius 1 is 0.765 bits per heavy atom. The summed E-state index contributed by atoms with van der Waals surface area (Å²) in [5, 5.41) is 0. The van der Waals surface area contributed by atoms with Crippen LogP contribution in [0.4, 0.5) is 26.3 Å². The normalized spacial score (nSPS) is 12.9. The predicted molar refractivity (Wildman–Crippen MR) is 50.7 cm³/mol. The van der Waals surface area contributed by atoms with Crippen molar-refractivity contribution in [2.45, 2.75) is 32.1 Å². The lowest BCUT2D eigenvalue weighted by Gasteiger charge is -2.11. The van der Waals surface area contributed by atoms with Gasteiger partial charge in [-0.25, -0.2) is 0 Å². The molecule has 0 aromatic heterocycles. The lowest BCUT2D eigenvalue weighted by atomic mass is 10.0. The molecule has 0 heterocycles. The Hall–Kier alpha value is -1.20. The Morgan fingerprint density at radius 2 is 1.12 bits per heavy atom. The van der Waals surface area contributed by atoms with Crippen molar-refractivity contribution in [1.82, 2.24) is 0 Å². The zero-order valence-electron chi connectivity index (χ0n) is 8.91. The Balaban J connectivity index is 2.95. The summed E-state index contributed by atoms with van der Waals surface area (Å²) in [5.41, 5.74) is 0.111. The van der Waals surface area contributed by atoms with Crippen LogP contribution in [0.1, 0.15) is 16.7 Å². The zero-order chi connectivity index (χ0) is 13.3. The maximum Gasteiger partial charge on any atom is 0.393 e. The zero-order valence-corrected chi connectivity index (χ0v) is 8.91. The number of benzene rings is 1. The maximum atomic E-state index is 12.1. The molecule has 0 bridgehead atoms. The molecule has 0 atom stereocenters. The number of rotatable bonds is 2. The van der Waals surface area contributed by atoms with Gasteiger partial charge in [-0.3, -0.25) is 0 Å². The Bertz CT molecular complexity index is 354. The van der Waals surface area contributed by atoms with Crippen LogP contribution < -0.4 is 0 Å². The van der Waals surface area contributed by atoms with Gasteiger partial charge in [0.15, 0.2) is 0 Å². The molecule has 0 fully saturated rings. The fourth-order valence-electron chi connectivity index (χ4n) is 1.62. The molecule has 0 aliphatic rings. The van der Waals surface area contributed by atoms with Gasteiger partial charge in [0.05, 0.1) is 12.8 Å². The summed E-state index contributed by atoms with van der Waals surface area (Å²) in [6.45, 7) is 1.47. The third-order valence-electron chi connectivity index (χ3n) is 2.01. The van der Waals surface area contributed by atoms with Crippen LogP contribution in [-0.4, -0.2) is 12.4 Å². The van der Waals surface area contributed by atoms with Gasteiger partial charge in [-0.2, -0.15) is 26.3 Å². The van der Waals surface area contributed by atoms with E-state index in [1.165, 1.54) is 19.1 Å². The minimum Gasteiger partial charge on any atom is -0.171 e. The van der Waals surface area contributed by atoms with E-state index in [1.807, 2.05) is 0 Å². The van der Waals surface area contributed by atoms with Crippen LogP contribution in [0.2, 0.25) is 0 Å². The van der Waals surface area contributed by atoms with Gasteiger partial charge >= 0.3 is 12.4 Å². The summed E-state index contributed by atoms with van der Waals surface area (Å²) in [4.78, 5) is 0. The number of alkyl halides is 6. The van der Waals surface area contributed by atoms with E-state index in [1.54, 1.807) is 0 Å². The van der Waals surface area contributed by atoms with Gasteiger partial charge in [0, 0.05) is 0 Å². The van der Waals surface area contributed by atoms with E-state index in [9.17, 15) is 26.3 Å². The van der Waals surface area contributed by atoms with E-state index in [-0.39, 0.29) is 11.1 Å². The highest BCUT2D eigenvalue weighted by molar-refractivity contribution is 5.30. The van der Waals surface area contributed by atoms with Gasteiger partial charge in [-0.05, 0) is 18.1 Å². The van der Waals surface area contributed by atoms with Crippen molar-refractivity contribution in [2.24, 2.45) is 0 Å². The predicted octanol–water partition coefficient (Wildman–Crippen LogP) is 4.20. The van der Waals surface area contributed by atoms with Gasteiger partial charge in [0.1, 0.15) is 0 Å². The third-order valence-corrected chi connectivity index (χ3v) is 2.01. The van der Waals surface area contributed by atoms with E-state index >= 15 is 0 Å². The van der Waals surface area contributed by atoms with Crippen molar-refractivity contribution in [3.63, 3.8) is 0 Å². The molecule has 1 rings (SSSR count). The third kappa shape index (κ3) is 5.60. The number of hydrogen-bond acceptors (Lipinski definition) is 0. The van der Waals surface area contributed by atoms with Crippen molar-refractivity contribution in [3.8, 4) is 0 Å². The van der Waals surface area contributed by atoms with Crippen molar-refractivity contribution in [2.75, 3.05) is 0 Å². The second-order valence-corrected chi connectivity index (χ2v) is 3.91. The smallest absolute Gasteiger partial charge is 0.171 e. The van der Waals surface area contributed by atoms with Crippen molar-refractivity contribution in [3.05, 3.63) is 34.9 Å². The first-order valence-electron chi connectivity index (χ1n) is 4.78. The number of hydrogen-bond donors (Lipinski definition) is 0. The SMILES string of the molecule is Cc1cc(CC(F)(F)F)cc(CC(F)(F)F)c1. The number of aryl methyl sites for hydroxylation is 1. The quantitative estimate of drug-likeness (QED) is 0.695. The minimum atomic E-state index is -4.41. The first-order chi connectivity index (χ1) is 7.55. The van der Waals surface area contributed by atoms with Gasteiger partial charge < -0.3 is 0 Å².